The second kappa shape index (κ2) is 9.03. The molecule has 0 spiro atoms. The SMILES string of the molecule is C=CC(C)(C)C=C(C)C(=O)O.C=CC(C)(C)OC(=O)C(=C)C. The zero-order valence-corrected chi connectivity index (χ0v) is 14.5. The second-order valence-corrected chi connectivity index (χ2v) is 6.14. The summed E-state index contributed by atoms with van der Waals surface area (Å²) in [6.45, 7) is 21.1. The van der Waals surface area contributed by atoms with E-state index in [2.05, 4.69) is 19.7 Å². The molecule has 0 heterocycles. The van der Waals surface area contributed by atoms with Crippen LogP contribution in [0.4, 0.5) is 0 Å². The molecule has 124 valence electrons. The van der Waals surface area contributed by atoms with Gasteiger partial charge in [0, 0.05) is 16.6 Å². The summed E-state index contributed by atoms with van der Waals surface area (Å²) in [4.78, 5) is 21.3. The van der Waals surface area contributed by atoms with Crippen LogP contribution in [0.1, 0.15) is 41.5 Å². The number of carboxylic acid groups (broad SMARTS) is 1. The van der Waals surface area contributed by atoms with Gasteiger partial charge in [0.05, 0.1) is 0 Å². The first-order chi connectivity index (χ1) is 9.78. The van der Waals surface area contributed by atoms with E-state index >= 15 is 0 Å². The van der Waals surface area contributed by atoms with Crippen LogP contribution in [0.2, 0.25) is 0 Å². The lowest BCUT2D eigenvalue weighted by Gasteiger charge is -2.20. The average Bonchev–Trinajstić information content (AvgIpc) is 2.38. The number of carbonyl (C=O) groups is 2. The van der Waals surface area contributed by atoms with E-state index in [4.69, 9.17) is 9.84 Å². The van der Waals surface area contributed by atoms with Gasteiger partial charge in [-0.2, -0.15) is 0 Å². The average molecular weight is 308 g/mol. The second-order valence-electron chi connectivity index (χ2n) is 6.14. The molecule has 22 heavy (non-hydrogen) atoms. The van der Waals surface area contributed by atoms with Crippen LogP contribution in [-0.2, 0) is 14.3 Å². The van der Waals surface area contributed by atoms with Crippen molar-refractivity contribution in [1.82, 2.24) is 0 Å². The number of carboxylic acids is 1. The quantitative estimate of drug-likeness (QED) is 0.451. The fourth-order valence-corrected chi connectivity index (χ4v) is 1.05. The van der Waals surface area contributed by atoms with E-state index in [9.17, 15) is 9.59 Å². The Balaban J connectivity index is 0. The maximum atomic E-state index is 10.9. The molecule has 0 saturated heterocycles. The predicted octanol–water partition coefficient (Wildman–Crippen LogP) is 4.30. The standard InChI is InChI=1S/2C9H14O2/c1-6-9(4,5)11-8(10)7(2)3;1-5-9(3,4)6-7(2)8(10)11/h6H,1-2H2,3-5H3;5-6H,1H2,2-4H3,(H,10,11). The van der Waals surface area contributed by atoms with Crippen molar-refractivity contribution in [3.63, 3.8) is 0 Å². The smallest absolute Gasteiger partial charge is 0.333 e. The summed E-state index contributed by atoms with van der Waals surface area (Å²) in [5.74, 6) is -1.25. The number of hydrogen-bond donors (Lipinski definition) is 1. The van der Waals surface area contributed by atoms with Crippen molar-refractivity contribution in [3.05, 3.63) is 49.1 Å². The van der Waals surface area contributed by atoms with E-state index in [-0.39, 0.29) is 11.4 Å². The largest absolute Gasteiger partial charge is 0.478 e. The molecule has 0 aliphatic heterocycles. The van der Waals surface area contributed by atoms with Gasteiger partial charge in [0.1, 0.15) is 5.60 Å². The molecular weight excluding hydrogens is 280 g/mol. The molecule has 4 nitrogen and oxygen atoms in total. The van der Waals surface area contributed by atoms with E-state index in [1.54, 1.807) is 45.9 Å². The van der Waals surface area contributed by atoms with Crippen molar-refractivity contribution in [2.75, 3.05) is 0 Å². The van der Waals surface area contributed by atoms with Crippen molar-refractivity contribution < 1.29 is 19.4 Å². The van der Waals surface area contributed by atoms with Crippen LogP contribution < -0.4 is 0 Å². The monoisotopic (exact) mass is 308 g/mol. The molecule has 0 amide bonds. The molecule has 0 radical (unpaired) electrons. The van der Waals surface area contributed by atoms with E-state index in [0.717, 1.165) is 0 Å². The molecular formula is C18H28O4. The Morgan fingerprint density at radius 1 is 1.05 bits per heavy atom. The molecule has 1 N–H and O–H groups in total. The van der Waals surface area contributed by atoms with Crippen molar-refractivity contribution in [2.24, 2.45) is 5.41 Å². The maximum Gasteiger partial charge on any atom is 0.333 e. The normalized spacial score (nSPS) is 11.6. The van der Waals surface area contributed by atoms with Gasteiger partial charge in [-0.05, 0) is 33.8 Å². The van der Waals surface area contributed by atoms with Crippen LogP contribution >= 0.6 is 0 Å². The Hall–Kier alpha value is -2.10. The molecule has 0 unspecified atom stereocenters. The minimum atomic E-state index is -0.875. The van der Waals surface area contributed by atoms with Crippen molar-refractivity contribution in [2.45, 2.75) is 47.1 Å². The lowest BCUT2D eigenvalue weighted by Crippen LogP contribution is -2.25. The third kappa shape index (κ3) is 10.7. The molecule has 0 saturated carbocycles. The number of aliphatic carboxylic acids is 1. The van der Waals surface area contributed by atoms with Crippen molar-refractivity contribution in [3.8, 4) is 0 Å². The molecule has 0 rings (SSSR count). The summed E-state index contributed by atoms with van der Waals surface area (Å²) < 4.78 is 4.99. The molecule has 4 heteroatoms. The van der Waals surface area contributed by atoms with Gasteiger partial charge < -0.3 is 9.84 Å². The number of esters is 1. The number of rotatable bonds is 6. The highest BCUT2D eigenvalue weighted by Crippen LogP contribution is 2.19. The zero-order valence-electron chi connectivity index (χ0n) is 14.5. The molecule has 0 aromatic rings. The maximum absolute atomic E-state index is 10.9. The number of ether oxygens (including phenoxy) is 1. The molecule has 0 aromatic carbocycles. The van der Waals surface area contributed by atoms with E-state index in [1.165, 1.54) is 0 Å². The summed E-state index contributed by atoms with van der Waals surface area (Å²) >= 11 is 0. The van der Waals surface area contributed by atoms with Gasteiger partial charge in [0.2, 0.25) is 0 Å². The summed E-state index contributed by atoms with van der Waals surface area (Å²) in [6, 6.07) is 0. The summed E-state index contributed by atoms with van der Waals surface area (Å²) in [6.07, 6.45) is 4.98. The Labute approximate surface area is 133 Å². The number of hydrogen-bond acceptors (Lipinski definition) is 3. The van der Waals surface area contributed by atoms with Crippen LogP contribution in [0, 0.1) is 5.41 Å². The third-order valence-electron chi connectivity index (χ3n) is 2.65. The van der Waals surface area contributed by atoms with Gasteiger partial charge in [0.25, 0.3) is 0 Å². The summed E-state index contributed by atoms with van der Waals surface area (Å²) in [5, 5.41) is 8.54. The lowest BCUT2D eigenvalue weighted by molar-refractivity contribution is -0.147. The van der Waals surface area contributed by atoms with Crippen LogP contribution in [0.25, 0.3) is 0 Å². The number of allylic oxidation sites excluding steroid dienone is 2. The highest BCUT2D eigenvalue weighted by molar-refractivity contribution is 5.87. The fraction of sp³-hybridized carbons (Fsp3) is 0.444. The van der Waals surface area contributed by atoms with E-state index in [1.807, 2.05) is 13.8 Å². The third-order valence-corrected chi connectivity index (χ3v) is 2.65. The molecule has 0 bridgehead atoms. The van der Waals surface area contributed by atoms with Gasteiger partial charge >= 0.3 is 11.9 Å². The van der Waals surface area contributed by atoms with Gasteiger partial charge in [-0.25, -0.2) is 9.59 Å². The Morgan fingerprint density at radius 3 is 1.77 bits per heavy atom. The number of carbonyl (C=O) groups excluding carboxylic acids is 1. The molecule has 0 atom stereocenters. The minimum absolute atomic E-state index is 0.234. The first-order valence-corrected chi connectivity index (χ1v) is 6.86. The Morgan fingerprint density at radius 2 is 1.50 bits per heavy atom. The highest BCUT2D eigenvalue weighted by Gasteiger charge is 2.18. The Kier molecular flexibility index (Phi) is 9.10. The van der Waals surface area contributed by atoms with Crippen LogP contribution in [-0.4, -0.2) is 22.6 Å². The Bertz CT molecular complexity index is 479. The minimum Gasteiger partial charge on any atom is -0.478 e. The lowest BCUT2D eigenvalue weighted by atomic mass is 9.91. The van der Waals surface area contributed by atoms with E-state index < -0.39 is 11.6 Å². The fourth-order valence-electron chi connectivity index (χ4n) is 1.05. The molecule has 0 fully saturated rings. The predicted molar refractivity (Wildman–Crippen MR) is 90.6 cm³/mol. The van der Waals surface area contributed by atoms with Crippen LogP contribution in [0.15, 0.2) is 49.1 Å². The first kappa shape index (κ1) is 22.2. The van der Waals surface area contributed by atoms with Gasteiger partial charge in [-0.3, -0.25) is 0 Å². The molecule has 0 aliphatic carbocycles. The summed E-state index contributed by atoms with van der Waals surface area (Å²) in [7, 11) is 0. The van der Waals surface area contributed by atoms with Crippen LogP contribution in [0.5, 0.6) is 0 Å². The molecule has 0 aromatic heterocycles. The van der Waals surface area contributed by atoms with Crippen molar-refractivity contribution >= 4 is 11.9 Å². The first-order valence-electron chi connectivity index (χ1n) is 6.86. The van der Waals surface area contributed by atoms with E-state index in [0.29, 0.717) is 11.1 Å². The van der Waals surface area contributed by atoms with Gasteiger partial charge in [-0.1, -0.05) is 39.2 Å². The molecule has 0 aliphatic rings. The van der Waals surface area contributed by atoms with Gasteiger partial charge in [-0.15, -0.1) is 6.58 Å². The topological polar surface area (TPSA) is 63.6 Å². The summed E-state index contributed by atoms with van der Waals surface area (Å²) in [5.41, 5.74) is -0.0757. The zero-order chi connectivity index (χ0) is 18.1. The van der Waals surface area contributed by atoms with Crippen LogP contribution in [0.3, 0.4) is 0 Å². The van der Waals surface area contributed by atoms with Gasteiger partial charge in [0.15, 0.2) is 0 Å². The van der Waals surface area contributed by atoms with Crippen molar-refractivity contribution in [1.29, 1.82) is 0 Å². The highest BCUT2D eigenvalue weighted by atomic mass is 16.6.